The van der Waals surface area contributed by atoms with Crippen LogP contribution in [0, 0.1) is 0 Å². The molecule has 0 bridgehead atoms. The van der Waals surface area contributed by atoms with E-state index < -0.39 is 6.16 Å². The second-order valence-electron chi connectivity index (χ2n) is 4.93. The van der Waals surface area contributed by atoms with Gasteiger partial charge in [-0.1, -0.05) is 39.7 Å². The molecule has 0 saturated carbocycles. The van der Waals surface area contributed by atoms with Crippen molar-refractivity contribution in [3.05, 3.63) is 22.8 Å². The first kappa shape index (κ1) is 16.3. The fourth-order valence-corrected chi connectivity index (χ4v) is 2.39. The van der Waals surface area contributed by atoms with Crippen LogP contribution in [0.15, 0.2) is 6.07 Å². The first-order chi connectivity index (χ1) is 9.54. The molecule has 0 unspecified atom stereocenters. The van der Waals surface area contributed by atoms with Gasteiger partial charge in [0.05, 0.1) is 0 Å². The van der Waals surface area contributed by atoms with E-state index in [1.807, 2.05) is 13.0 Å². The van der Waals surface area contributed by atoms with Gasteiger partial charge in [0.15, 0.2) is 11.5 Å². The number of rotatable bonds is 7. The van der Waals surface area contributed by atoms with Crippen molar-refractivity contribution in [2.45, 2.75) is 59.3 Å². The van der Waals surface area contributed by atoms with Gasteiger partial charge in [-0.15, -0.1) is 0 Å². The van der Waals surface area contributed by atoms with Crippen molar-refractivity contribution < 1.29 is 19.7 Å². The fourth-order valence-electron chi connectivity index (χ4n) is 2.39. The Morgan fingerprint density at radius 3 is 2.35 bits per heavy atom. The molecular formula is C16H24O4. The van der Waals surface area contributed by atoms with Gasteiger partial charge in [0.1, 0.15) is 0 Å². The predicted octanol–water partition coefficient (Wildman–Crippen LogP) is 4.31. The molecule has 0 aromatic heterocycles. The average Bonchev–Trinajstić information content (AvgIpc) is 2.41. The van der Waals surface area contributed by atoms with Crippen LogP contribution in [0.25, 0.3) is 0 Å². The van der Waals surface area contributed by atoms with Crippen LogP contribution < -0.4 is 4.74 Å². The molecule has 0 heterocycles. The number of benzene rings is 1. The summed E-state index contributed by atoms with van der Waals surface area (Å²) in [5.41, 5.74) is 2.68. The highest BCUT2D eigenvalue weighted by molar-refractivity contribution is 5.66. The maximum absolute atomic E-state index is 10.8. The molecule has 4 heteroatoms. The standard InChI is InChI=1S/C16H24O4/c1-4-7-9-13-12(8-5-2)10-11(6-3)15(14(13)17)20-16(18)19/h10,17H,4-9H2,1-3H3,(H,18,19). The van der Waals surface area contributed by atoms with Gasteiger partial charge in [0.2, 0.25) is 0 Å². The Balaban J connectivity index is 3.32. The van der Waals surface area contributed by atoms with Gasteiger partial charge in [-0.25, -0.2) is 4.79 Å². The SMILES string of the molecule is CCCCc1c(CCC)cc(CC)c(OC(=O)O)c1O. The van der Waals surface area contributed by atoms with E-state index in [-0.39, 0.29) is 11.5 Å². The molecule has 0 fully saturated rings. The van der Waals surface area contributed by atoms with Crippen LogP contribution in [0.1, 0.15) is 56.7 Å². The van der Waals surface area contributed by atoms with Gasteiger partial charge >= 0.3 is 6.16 Å². The third-order valence-electron chi connectivity index (χ3n) is 3.40. The van der Waals surface area contributed by atoms with Gasteiger partial charge in [-0.2, -0.15) is 0 Å². The van der Waals surface area contributed by atoms with Crippen molar-refractivity contribution in [3.63, 3.8) is 0 Å². The molecule has 0 aliphatic carbocycles. The quantitative estimate of drug-likeness (QED) is 0.577. The first-order valence-electron chi connectivity index (χ1n) is 7.32. The van der Waals surface area contributed by atoms with E-state index in [0.29, 0.717) is 6.42 Å². The molecule has 0 atom stereocenters. The maximum atomic E-state index is 10.8. The molecule has 112 valence electrons. The zero-order chi connectivity index (χ0) is 15.1. The van der Waals surface area contributed by atoms with Crippen LogP contribution >= 0.6 is 0 Å². The van der Waals surface area contributed by atoms with Crippen molar-refractivity contribution in [2.75, 3.05) is 0 Å². The van der Waals surface area contributed by atoms with Crippen molar-refractivity contribution in [3.8, 4) is 11.5 Å². The van der Waals surface area contributed by atoms with Gasteiger partial charge in [-0.3, -0.25) is 0 Å². The third kappa shape index (κ3) is 3.89. The minimum absolute atomic E-state index is 0.00338. The highest BCUT2D eigenvalue weighted by atomic mass is 16.7. The molecule has 1 rings (SSSR count). The molecule has 20 heavy (non-hydrogen) atoms. The Bertz CT molecular complexity index is 466. The smallest absolute Gasteiger partial charge is 0.504 e. The fraction of sp³-hybridized carbons (Fsp3) is 0.562. The summed E-state index contributed by atoms with van der Waals surface area (Å²) in [6.07, 6.45) is 3.84. The summed E-state index contributed by atoms with van der Waals surface area (Å²) in [5, 5.41) is 19.2. The largest absolute Gasteiger partial charge is 0.511 e. The van der Waals surface area contributed by atoms with E-state index in [4.69, 9.17) is 9.84 Å². The number of unbranched alkanes of at least 4 members (excludes halogenated alkanes) is 1. The predicted molar refractivity (Wildman–Crippen MR) is 78.7 cm³/mol. The highest BCUT2D eigenvalue weighted by Gasteiger charge is 2.19. The van der Waals surface area contributed by atoms with Crippen molar-refractivity contribution in [1.82, 2.24) is 0 Å². The van der Waals surface area contributed by atoms with Crippen LogP contribution in [0.5, 0.6) is 11.5 Å². The zero-order valence-electron chi connectivity index (χ0n) is 12.5. The van der Waals surface area contributed by atoms with Gasteiger partial charge < -0.3 is 14.9 Å². The Morgan fingerprint density at radius 1 is 1.15 bits per heavy atom. The topological polar surface area (TPSA) is 66.8 Å². The normalized spacial score (nSPS) is 10.6. The second kappa shape index (κ2) is 7.78. The van der Waals surface area contributed by atoms with Gasteiger partial charge in [0.25, 0.3) is 0 Å². The molecule has 1 aromatic rings. The third-order valence-corrected chi connectivity index (χ3v) is 3.40. The molecule has 0 aliphatic rings. The number of ether oxygens (including phenoxy) is 1. The molecule has 1 aromatic carbocycles. The number of carboxylic acid groups (broad SMARTS) is 1. The Morgan fingerprint density at radius 2 is 1.85 bits per heavy atom. The highest BCUT2D eigenvalue weighted by Crippen LogP contribution is 2.38. The molecule has 0 radical (unpaired) electrons. The van der Waals surface area contributed by atoms with Crippen LogP contribution in [0.2, 0.25) is 0 Å². The van der Waals surface area contributed by atoms with Crippen molar-refractivity contribution in [2.24, 2.45) is 0 Å². The van der Waals surface area contributed by atoms with E-state index in [2.05, 4.69) is 13.8 Å². The Kier molecular flexibility index (Phi) is 6.36. The lowest BCUT2D eigenvalue weighted by Crippen LogP contribution is -2.08. The number of carbonyl (C=O) groups is 1. The number of phenols is 1. The average molecular weight is 280 g/mol. The summed E-state index contributed by atoms with van der Waals surface area (Å²) in [7, 11) is 0. The number of hydrogen-bond acceptors (Lipinski definition) is 3. The van der Waals surface area contributed by atoms with E-state index in [1.54, 1.807) is 0 Å². The van der Waals surface area contributed by atoms with Gasteiger partial charge in [-0.05, 0) is 36.8 Å². The number of aromatic hydroxyl groups is 1. The molecule has 2 N–H and O–H groups in total. The molecule has 0 aliphatic heterocycles. The van der Waals surface area contributed by atoms with Crippen LogP contribution in [-0.2, 0) is 19.3 Å². The van der Waals surface area contributed by atoms with E-state index in [1.165, 1.54) is 0 Å². The van der Waals surface area contributed by atoms with Crippen molar-refractivity contribution >= 4 is 6.16 Å². The van der Waals surface area contributed by atoms with Crippen LogP contribution in [0.3, 0.4) is 0 Å². The minimum atomic E-state index is -1.39. The summed E-state index contributed by atoms with van der Waals surface area (Å²) in [6.45, 7) is 6.10. The molecule has 0 saturated heterocycles. The van der Waals surface area contributed by atoms with Crippen molar-refractivity contribution in [1.29, 1.82) is 0 Å². The van der Waals surface area contributed by atoms with E-state index in [9.17, 15) is 9.90 Å². The molecule has 0 spiro atoms. The summed E-state index contributed by atoms with van der Waals surface area (Å²) >= 11 is 0. The molecular weight excluding hydrogens is 256 g/mol. The summed E-state index contributed by atoms with van der Waals surface area (Å²) in [4.78, 5) is 10.8. The lowest BCUT2D eigenvalue weighted by molar-refractivity contribution is 0.142. The Hall–Kier alpha value is -1.71. The van der Waals surface area contributed by atoms with Gasteiger partial charge in [0, 0.05) is 5.56 Å². The minimum Gasteiger partial charge on any atom is -0.504 e. The monoisotopic (exact) mass is 280 g/mol. The lowest BCUT2D eigenvalue weighted by Gasteiger charge is -2.17. The van der Waals surface area contributed by atoms with Crippen LogP contribution in [0.4, 0.5) is 4.79 Å². The number of hydrogen-bond donors (Lipinski definition) is 2. The summed E-state index contributed by atoms with van der Waals surface area (Å²) in [6, 6.07) is 1.98. The number of aryl methyl sites for hydroxylation is 2. The zero-order valence-corrected chi connectivity index (χ0v) is 12.5. The summed E-state index contributed by atoms with van der Waals surface area (Å²) < 4.78 is 4.79. The van der Waals surface area contributed by atoms with Crippen LogP contribution in [-0.4, -0.2) is 16.4 Å². The number of phenolic OH excluding ortho intramolecular Hbond substituents is 1. The Labute approximate surface area is 120 Å². The summed E-state index contributed by atoms with van der Waals surface area (Å²) in [5.74, 6) is 0.106. The van der Waals surface area contributed by atoms with E-state index in [0.717, 1.165) is 48.8 Å². The first-order valence-corrected chi connectivity index (χ1v) is 7.32. The van der Waals surface area contributed by atoms with E-state index >= 15 is 0 Å². The lowest BCUT2D eigenvalue weighted by atomic mass is 9.93. The molecule has 4 nitrogen and oxygen atoms in total. The molecule has 0 amide bonds. The maximum Gasteiger partial charge on any atom is 0.511 e. The second-order valence-corrected chi connectivity index (χ2v) is 4.93.